The SMILES string of the molecule is [Ta].[Ta].[Ta].[Ta].[Ta].[Ta].[Ta]. The monoisotopic (exact) mass is 1270 g/mol. The summed E-state index contributed by atoms with van der Waals surface area (Å²) in [7, 11) is 0. The minimum atomic E-state index is 0. The van der Waals surface area contributed by atoms with Crippen molar-refractivity contribution < 1.29 is 157 Å². The van der Waals surface area contributed by atoms with Gasteiger partial charge in [-0.2, -0.15) is 0 Å². The van der Waals surface area contributed by atoms with Crippen LogP contribution in [0.3, 0.4) is 0 Å². The number of hydrogen-bond donors (Lipinski definition) is 0. The maximum absolute atomic E-state index is 0. The van der Waals surface area contributed by atoms with E-state index in [1.54, 1.807) is 0 Å². The average Bonchev–Trinajstić information content (AvgIpc) is 0. The van der Waals surface area contributed by atoms with Gasteiger partial charge in [0.1, 0.15) is 0 Å². The molecule has 0 bridgehead atoms. The predicted molar refractivity (Wildman–Crippen MR) is 0 cm³/mol. The Bertz CT molecular complexity index is 0. The van der Waals surface area contributed by atoms with Crippen molar-refractivity contribution in [3.63, 3.8) is 0 Å². The summed E-state index contributed by atoms with van der Waals surface area (Å²) in [6, 6.07) is 0. The Kier molecular flexibility index (Phi) is 350. The molecule has 0 nitrogen and oxygen atoms in total. The first-order valence-electron chi connectivity index (χ1n) is 0. The normalized spacial score (nSPS) is 0. The third-order valence-electron chi connectivity index (χ3n) is 0. The van der Waals surface area contributed by atoms with Gasteiger partial charge in [0, 0.05) is 157 Å². The summed E-state index contributed by atoms with van der Waals surface area (Å²) in [6.07, 6.45) is 0. The molecule has 0 saturated carbocycles. The summed E-state index contributed by atoms with van der Waals surface area (Å²) in [5.41, 5.74) is 0. The largest absolute Gasteiger partial charge is 0 e. The van der Waals surface area contributed by atoms with Gasteiger partial charge in [0.05, 0.1) is 0 Å². The van der Waals surface area contributed by atoms with Gasteiger partial charge in [0.25, 0.3) is 0 Å². The van der Waals surface area contributed by atoms with Crippen LogP contribution < -0.4 is 0 Å². The molecule has 0 spiro atoms. The molecule has 0 aromatic heterocycles. The molecule has 0 aliphatic rings. The van der Waals surface area contributed by atoms with E-state index in [9.17, 15) is 0 Å². The second kappa shape index (κ2) is 43.2. The molecule has 0 aromatic rings. The molecule has 7 heteroatoms. The molecule has 0 rings (SSSR count). The van der Waals surface area contributed by atoms with Crippen molar-refractivity contribution in [2.24, 2.45) is 0 Å². The van der Waals surface area contributed by atoms with Crippen molar-refractivity contribution >= 4 is 0 Å². The van der Waals surface area contributed by atoms with Crippen molar-refractivity contribution in [2.45, 2.75) is 0 Å². The van der Waals surface area contributed by atoms with Crippen LogP contribution in [0.15, 0.2) is 0 Å². The molecule has 0 N–H and O–H groups in total. The maximum Gasteiger partial charge on any atom is 0 e. The van der Waals surface area contributed by atoms with Crippen LogP contribution in [-0.2, 0) is 157 Å². The Morgan fingerprint density at radius 1 is 0.143 bits per heavy atom. The molecule has 0 heterocycles. The zero-order chi connectivity index (χ0) is 0. The van der Waals surface area contributed by atoms with Crippen LogP contribution >= 0.6 is 0 Å². The van der Waals surface area contributed by atoms with Crippen LogP contribution in [-0.4, -0.2) is 0 Å². The van der Waals surface area contributed by atoms with Crippen LogP contribution in [0.25, 0.3) is 0 Å². The molecular weight excluding hydrogens is 1270 g/mol. The summed E-state index contributed by atoms with van der Waals surface area (Å²) in [4.78, 5) is 0. The minimum absolute atomic E-state index is 0. The van der Waals surface area contributed by atoms with E-state index in [-0.39, 0.29) is 157 Å². The standard InChI is InChI=1S/7Ta. The quantitative estimate of drug-likeness (QED) is 0.321. The van der Waals surface area contributed by atoms with Gasteiger partial charge >= 0.3 is 0 Å². The van der Waals surface area contributed by atoms with E-state index in [1.807, 2.05) is 0 Å². The average molecular weight is 1270 g/mol. The summed E-state index contributed by atoms with van der Waals surface area (Å²) in [5.74, 6) is 0. The maximum atomic E-state index is 0. The molecule has 0 aliphatic heterocycles. The Balaban J connectivity index is 0. The van der Waals surface area contributed by atoms with E-state index in [1.165, 1.54) is 0 Å². The molecule has 0 saturated heterocycles. The summed E-state index contributed by atoms with van der Waals surface area (Å²) >= 11 is 0. The van der Waals surface area contributed by atoms with Gasteiger partial charge in [-0.25, -0.2) is 0 Å². The van der Waals surface area contributed by atoms with E-state index in [0.717, 1.165) is 0 Å². The molecular formula is Ta7. The van der Waals surface area contributed by atoms with Crippen LogP contribution in [0.4, 0.5) is 0 Å². The van der Waals surface area contributed by atoms with Gasteiger partial charge < -0.3 is 0 Å². The van der Waals surface area contributed by atoms with E-state index < -0.39 is 0 Å². The van der Waals surface area contributed by atoms with Gasteiger partial charge in [-0.05, 0) is 0 Å². The van der Waals surface area contributed by atoms with Gasteiger partial charge in [-0.1, -0.05) is 0 Å². The second-order valence-corrected chi connectivity index (χ2v) is 0. The Morgan fingerprint density at radius 2 is 0.143 bits per heavy atom. The van der Waals surface area contributed by atoms with Crippen LogP contribution in [0.2, 0.25) is 0 Å². The smallest absolute Gasteiger partial charge is 0 e. The molecule has 0 unspecified atom stereocenters. The fourth-order valence-corrected chi connectivity index (χ4v) is 0. The zero-order valence-corrected chi connectivity index (χ0v) is 25.6. The topological polar surface area (TPSA) is 0 Å². The van der Waals surface area contributed by atoms with Crippen molar-refractivity contribution in [2.75, 3.05) is 0 Å². The van der Waals surface area contributed by atoms with Gasteiger partial charge in [-0.15, -0.1) is 0 Å². The van der Waals surface area contributed by atoms with Gasteiger partial charge in [0.15, 0.2) is 0 Å². The van der Waals surface area contributed by atoms with E-state index >= 15 is 0 Å². The van der Waals surface area contributed by atoms with Crippen molar-refractivity contribution in [3.8, 4) is 0 Å². The van der Waals surface area contributed by atoms with Crippen LogP contribution in [0.1, 0.15) is 0 Å². The molecule has 0 aromatic carbocycles. The molecule has 35 valence electrons. The first-order chi connectivity index (χ1) is 0. The minimum Gasteiger partial charge on any atom is 0 e. The van der Waals surface area contributed by atoms with Crippen molar-refractivity contribution in [1.82, 2.24) is 0 Å². The fourth-order valence-electron chi connectivity index (χ4n) is 0. The molecule has 0 aliphatic carbocycles. The number of hydrogen-bond acceptors (Lipinski definition) is 0. The van der Waals surface area contributed by atoms with E-state index in [2.05, 4.69) is 0 Å². The van der Waals surface area contributed by atoms with Gasteiger partial charge in [0.2, 0.25) is 0 Å². The molecule has 0 fully saturated rings. The Morgan fingerprint density at radius 3 is 0.143 bits per heavy atom. The second-order valence-electron chi connectivity index (χ2n) is 0. The van der Waals surface area contributed by atoms with Crippen LogP contribution in [0, 0.1) is 0 Å². The third kappa shape index (κ3) is 35.1. The number of rotatable bonds is 0. The van der Waals surface area contributed by atoms with E-state index in [4.69, 9.17) is 0 Å². The summed E-state index contributed by atoms with van der Waals surface area (Å²) < 4.78 is 0. The first-order valence-corrected chi connectivity index (χ1v) is 0. The Labute approximate surface area is 153 Å². The molecule has 0 amide bonds. The molecule has 7 heavy (non-hydrogen) atoms. The summed E-state index contributed by atoms with van der Waals surface area (Å²) in [5, 5.41) is 0. The predicted octanol–water partition coefficient (Wildman–Crippen LogP) is -0.0175. The van der Waals surface area contributed by atoms with Gasteiger partial charge in [-0.3, -0.25) is 0 Å². The first kappa shape index (κ1) is 56.7. The molecule has 7 radical (unpaired) electrons. The summed E-state index contributed by atoms with van der Waals surface area (Å²) in [6.45, 7) is 0. The zero-order valence-electron chi connectivity index (χ0n) is 3.13. The molecule has 0 atom stereocenters. The van der Waals surface area contributed by atoms with Crippen molar-refractivity contribution in [1.29, 1.82) is 0 Å². The van der Waals surface area contributed by atoms with Crippen molar-refractivity contribution in [3.05, 3.63) is 0 Å². The fraction of sp³-hybridized carbons (Fsp3) is 0. The Hall–Kier alpha value is 5.18. The van der Waals surface area contributed by atoms with E-state index in [0.29, 0.717) is 0 Å². The van der Waals surface area contributed by atoms with Crippen LogP contribution in [0.5, 0.6) is 0 Å². The third-order valence-corrected chi connectivity index (χ3v) is 0.